The van der Waals surface area contributed by atoms with Crippen molar-refractivity contribution < 1.29 is 9.84 Å². The molecule has 1 saturated heterocycles. The number of aliphatic hydroxyl groups is 1. The molecule has 2 heteroatoms. The van der Waals surface area contributed by atoms with E-state index >= 15 is 0 Å². The summed E-state index contributed by atoms with van der Waals surface area (Å²) < 4.78 is 5.88. The van der Waals surface area contributed by atoms with Crippen LogP contribution < -0.4 is 0 Å². The summed E-state index contributed by atoms with van der Waals surface area (Å²) in [5, 5.41) is 9.38. The quantitative estimate of drug-likeness (QED) is 0.578. The van der Waals surface area contributed by atoms with E-state index in [0.29, 0.717) is 17.9 Å². The lowest BCUT2D eigenvalue weighted by molar-refractivity contribution is 0.0813. The molecule has 92 valence electrons. The van der Waals surface area contributed by atoms with Gasteiger partial charge in [0.1, 0.15) is 0 Å². The third-order valence-electron chi connectivity index (χ3n) is 4.82. The number of aliphatic hydroxyl groups excluding tert-OH is 1. The number of hydrogen-bond donors (Lipinski definition) is 1. The molecule has 0 aromatic heterocycles. The molecule has 5 atom stereocenters. The van der Waals surface area contributed by atoms with Crippen molar-refractivity contribution in [2.45, 2.75) is 58.8 Å². The Balaban J connectivity index is 2.24. The van der Waals surface area contributed by atoms with Crippen LogP contribution in [0, 0.1) is 17.3 Å². The van der Waals surface area contributed by atoms with Crippen LogP contribution in [0.2, 0.25) is 0 Å². The first-order valence-electron chi connectivity index (χ1n) is 6.32. The van der Waals surface area contributed by atoms with Crippen molar-refractivity contribution in [1.29, 1.82) is 0 Å². The van der Waals surface area contributed by atoms with Gasteiger partial charge in [-0.1, -0.05) is 32.9 Å². The molecule has 0 bridgehead atoms. The van der Waals surface area contributed by atoms with Gasteiger partial charge < -0.3 is 9.84 Å². The molecule has 16 heavy (non-hydrogen) atoms. The van der Waals surface area contributed by atoms with E-state index in [4.69, 9.17) is 4.74 Å². The van der Waals surface area contributed by atoms with Crippen molar-refractivity contribution in [3.05, 3.63) is 12.2 Å². The molecule has 2 nitrogen and oxygen atoms in total. The zero-order valence-corrected chi connectivity index (χ0v) is 11.0. The lowest BCUT2D eigenvalue weighted by Crippen LogP contribution is -2.44. The number of fused-ring (bicyclic) bond motifs is 1. The Morgan fingerprint density at radius 2 is 2.00 bits per heavy atom. The van der Waals surface area contributed by atoms with E-state index in [-0.39, 0.29) is 17.1 Å². The van der Waals surface area contributed by atoms with Crippen molar-refractivity contribution in [3.8, 4) is 0 Å². The lowest BCUT2D eigenvalue weighted by Gasteiger charge is -2.43. The van der Waals surface area contributed by atoms with Crippen LogP contribution in [0.25, 0.3) is 0 Å². The fraction of sp³-hybridized carbons (Fsp3) is 0.857. The van der Waals surface area contributed by atoms with Crippen molar-refractivity contribution in [2.24, 2.45) is 17.3 Å². The summed E-state index contributed by atoms with van der Waals surface area (Å²) in [5.41, 5.74) is 0.258. The Morgan fingerprint density at radius 3 is 2.56 bits per heavy atom. The second kappa shape index (κ2) is 3.58. The summed E-state index contributed by atoms with van der Waals surface area (Å²) in [4.78, 5) is 0. The molecule has 0 spiro atoms. The summed E-state index contributed by atoms with van der Waals surface area (Å²) >= 11 is 0. The van der Waals surface area contributed by atoms with Gasteiger partial charge in [-0.2, -0.15) is 0 Å². The molecular weight excluding hydrogens is 200 g/mol. The maximum absolute atomic E-state index is 9.38. The van der Waals surface area contributed by atoms with E-state index < -0.39 is 0 Å². The van der Waals surface area contributed by atoms with E-state index in [9.17, 15) is 5.11 Å². The molecule has 1 saturated carbocycles. The Kier molecular flexibility index (Phi) is 2.71. The second-order valence-electron chi connectivity index (χ2n) is 6.35. The minimum absolute atomic E-state index is 0.0153. The van der Waals surface area contributed by atoms with Crippen LogP contribution in [0.15, 0.2) is 12.2 Å². The highest BCUT2D eigenvalue weighted by Crippen LogP contribution is 2.60. The molecule has 0 aromatic rings. The number of rotatable bonds is 2. The van der Waals surface area contributed by atoms with E-state index in [0.717, 1.165) is 0 Å². The average Bonchev–Trinajstić information content (AvgIpc) is 2.75. The molecule has 0 unspecified atom stereocenters. The van der Waals surface area contributed by atoms with Gasteiger partial charge in [-0.25, -0.2) is 0 Å². The minimum atomic E-state index is -0.367. The fourth-order valence-electron chi connectivity index (χ4n) is 3.21. The van der Waals surface area contributed by atoms with Crippen molar-refractivity contribution in [3.63, 3.8) is 0 Å². The van der Waals surface area contributed by atoms with E-state index in [1.54, 1.807) is 6.92 Å². The first-order chi connectivity index (χ1) is 7.28. The highest BCUT2D eigenvalue weighted by atomic mass is 16.6. The zero-order chi connectivity index (χ0) is 12.1. The van der Waals surface area contributed by atoms with Crippen LogP contribution in [0.5, 0.6) is 0 Å². The monoisotopic (exact) mass is 224 g/mol. The van der Waals surface area contributed by atoms with Crippen molar-refractivity contribution >= 4 is 0 Å². The fourth-order valence-corrected chi connectivity index (χ4v) is 3.21. The maximum Gasteiger partial charge on any atom is 0.0987 e. The van der Waals surface area contributed by atoms with Gasteiger partial charge in [0.2, 0.25) is 0 Å². The van der Waals surface area contributed by atoms with Crippen LogP contribution in [0.4, 0.5) is 0 Å². The molecule has 1 aliphatic carbocycles. The zero-order valence-electron chi connectivity index (χ0n) is 11.0. The predicted molar refractivity (Wildman–Crippen MR) is 65.2 cm³/mol. The molecule has 2 fully saturated rings. The topological polar surface area (TPSA) is 32.8 Å². The Morgan fingerprint density at radius 1 is 1.38 bits per heavy atom. The van der Waals surface area contributed by atoms with Gasteiger partial charge in [0, 0.05) is 5.92 Å². The molecule has 2 aliphatic rings. The average molecular weight is 224 g/mol. The Labute approximate surface area is 98.7 Å². The molecule has 0 amide bonds. The summed E-state index contributed by atoms with van der Waals surface area (Å²) in [6.07, 6.45) is 5.30. The maximum atomic E-state index is 9.38. The van der Waals surface area contributed by atoms with E-state index in [1.807, 2.05) is 6.08 Å². The van der Waals surface area contributed by atoms with Gasteiger partial charge >= 0.3 is 0 Å². The molecule has 1 aliphatic heterocycles. The van der Waals surface area contributed by atoms with Crippen molar-refractivity contribution in [1.82, 2.24) is 0 Å². The smallest absolute Gasteiger partial charge is 0.0987 e. The van der Waals surface area contributed by atoms with E-state index in [2.05, 4.69) is 33.8 Å². The normalized spacial score (nSPS) is 47.8. The van der Waals surface area contributed by atoms with Gasteiger partial charge in [-0.05, 0) is 31.6 Å². The van der Waals surface area contributed by atoms with Gasteiger partial charge in [-0.15, -0.1) is 0 Å². The van der Waals surface area contributed by atoms with Gasteiger partial charge in [0.15, 0.2) is 0 Å². The first-order valence-corrected chi connectivity index (χ1v) is 6.32. The summed E-state index contributed by atoms with van der Waals surface area (Å²) in [7, 11) is 0. The SMILES string of the molecule is C[C@@H]1C[C@H]2O[C@@]2(C)[C@H](/C=C/[C@@H](C)O)C1(C)C. The van der Waals surface area contributed by atoms with Crippen LogP contribution in [0.1, 0.15) is 41.0 Å². The molecule has 2 rings (SSSR count). The van der Waals surface area contributed by atoms with Crippen LogP contribution in [0.3, 0.4) is 0 Å². The highest BCUT2D eigenvalue weighted by molar-refractivity contribution is 5.19. The largest absolute Gasteiger partial charge is 0.389 e. The number of epoxide rings is 1. The van der Waals surface area contributed by atoms with Gasteiger partial charge in [0.05, 0.1) is 17.8 Å². The predicted octanol–water partition coefficient (Wildman–Crippen LogP) is 2.76. The molecular formula is C14H24O2. The van der Waals surface area contributed by atoms with Gasteiger partial charge in [0.25, 0.3) is 0 Å². The van der Waals surface area contributed by atoms with Crippen LogP contribution in [-0.4, -0.2) is 22.9 Å². The molecule has 0 radical (unpaired) electrons. The Bertz CT molecular complexity index is 306. The van der Waals surface area contributed by atoms with Crippen LogP contribution in [-0.2, 0) is 4.74 Å². The standard InChI is InChI=1S/C14H24O2/c1-9-8-12-14(5,16-12)11(13(9,3)4)7-6-10(2)15/h6-7,9-12,15H,8H2,1-5H3/b7-6+/t9-,10-,11-,12-,14+/m1/s1. The summed E-state index contributed by atoms with van der Waals surface area (Å²) in [6.45, 7) is 11.0. The minimum Gasteiger partial charge on any atom is -0.389 e. The third-order valence-corrected chi connectivity index (χ3v) is 4.82. The third kappa shape index (κ3) is 1.72. The second-order valence-corrected chi connectivity index (χ2v) is 6.35. The molecule has 1 N–H and O–H groups in total. The van der Waals surface area contributed by atoms with E-state index in [1.165, 1.54) is 6.42 Å². The first kappa shape index (κ1) is 12.1. The lowest BCUT2D eigenvalue weighted by atomic mass is 9.59. The van der Waals surface area contributed by atoms with Crippen molar-refractivity contribution in [2.75, 3.05) is 0 Å². The number of ether oxygens (including phenoxy) is 1. The summed E-state index contributed by atoms with van der Waals surface area (Å²) in [5.74, 6) is 1.07. The van der Waals surface area contributed by atoms with Gasteiger partial charge in [-0.3, -0.25) is 0 Å². The highest BCUT2D eigenvalue weighted by Gasteiger charge is 2.65. The molecule has 1 heterocycles. The molecule has 0 aromatic carbocycles. The van der Waals surface area contributed by atoms with Crippen LogP contribution >= 0.6 is 0 Å². The number of hydrogen-bond acceptors (Lipinski definition) is 2. The summed E-state index contributed by atoms with van der Waals surface area (Å²) in [6, 6.07) is 0. The Hall–Kier alpha value is -0.340.